The number of carbonyl (C=O) groups excluding carboxylic acids is 1. The highest BCUT2D eigenvalue weighted by Gasteiger charge is 2.30. The molecule has 1 fully saturated rings. The zero-order valence-electron chi connectivity index (χ0n) is 14.3. The van der Waals surface area contributed by atoms with Gasteiger partial charge in [-0.2, -0.15) is 4.31 Å². The summed E-state index contributed by atoms with van der Waals surface area (Å²) < 4.78 is 47.8. The maximum absolute atomic E-state index is 12.6. The van der Waals surface area contributed by atoms with E-state index >= 15 is 0 Å². The number of amides is 1. The van der Waals surface area contributed by atoms with E-state index in [0.29, 0.717) is 43.6 Å². The minimum atomic E-state index is -3.79. The van der Waals surface area contributed by atoms with Gasteiger partial charge in [0.2, 0.25) is 5.09 Å². The van der Waals surface area contributed by atoms with Crippen molar-refractivity contribution in [3.8, 4) is 11.5 Å². The van der Waals surface area contributed by atoms with E-state index in [0.717, 1.165) is 0 Å². The van der Waals surface area contributed by atoms with E-state index in [4.69, 9.17) is 18.6 Å². The Kier molecular flexibility index (Phi) is 4.77. The number of furan rings is 1. The van der Waals surface area contributed by atoms with Gasteiger partial charge >= 0.3 is 0 Å². The molecule has 1 amide bonds. The summed E-state index contributed by atoms with van der Waals surface area (Å²) >= 11 is 0. The Morgan fingerprint density at radius 1 is 0.963 bits per heavy atom. The highest BCUT2D eigenvalue weighted by Crippen LogP contribution is 2.32. The van der Waals surface area contributed by atoms with E-state index in [1.165, 1.54) is 16.4 Å². The topological polar surface area (TPSA) is 107 Å². The number of fused-ring (bicyclic) bond motifs is 1. The Bertz CT molecular complexity index is 948. The van der Waals surface area contributed by atoms with Crippen molar-refractivity contribution >= 4 is 21.6 Å². The molecule has 0 saturated carbocycles. The highest BCUT2D eigenvalue weighted by atomic mass is 32.2. The summed E-state index contributed by atoms with van der Waals surface area (Å²) in [7, 11) is -3.79. The lowest BCUT2D eigenvalue weighted by molar-refractivity contribution is 0.0723. The van der Waals surface area contributed by atoms with Crippen LogP contribution >= 0.6 is 0 Å². The van der Waals surface area contributed by atoms with Crippen LogP contribution in [-0.2, 0) is 14.8 Å². The maximum atomic E-state index is 12.6. The number of hydrogen-bond acceptors (Lipinski definition) is 7. The Balaban J connectivity index is 1.49. The number of sulfonamides is 1. The first-order valence-corrected chi connectivity index (χ1v) is 9.87. The number of nitrogens with one attached hydrogen (secondary N) is 1. The summed E-state index contributed by atoms with van der Waals surface area (Å²) in [6, 6.07) is 7.62. The second-order valence-corrected chi connectivity index (χ2v) is 7.82. The molecule has 0 atom stereocenters. The van der Waals surface area contributed by atoms with Gasteiger partial charge in [-0.3, -0.25) is 4.79 Å². The molecule has 0 unspecified atom stereocenters. The fourth-order valence-corrected chi connectivity index (χ4v) is 4.13. The van der Waals surface area contributed by atoms with Crippen LogP contribution in [-0.4, -0.2) is 58.1 Å². The number of carbonyl (C=O) groups is 1. The van der Waals surface area contributed by atoms with Gasteiger partial charge in [0, 0.05) is 24.8 Å². The molecule has 1 N–H and O–H groups in total. The standard InChI is InChI=1S/C17H18N2O7S/c20-17(18-12-1-2-13-15(11-12)25-10-9-24-13)14-3-4-16(26-14)27(21,22)19-5-7-23-8-6-19/h1-4,11H,5-10H2,(H,18,20). The molecule has 3 heterocycles. The molecule has 2 aliphatic rings. The van der Waals surface area contributed by atoms with Crippen molar-refractivity contribution in [2.24, 2.45) is 0 Å². The van der Waals surface area contributed by atoms with Crippen molar-refractivity contribution in [2.45, 2.75) is 5.09 Å². The molecular formula is C17H18N2O7S. The molecule has 9 nitrogen and oxygen atoms in total. The lowest BCUT2D eigenvalue weighted by Gasteiger charge is -2.24. The number of benzene rings is 1. The van der Waals surface area contributed by atoms with Crippen LogP contribution in [0, 0.1) is 0 Å². The van der Waals surface area contributed by atoms with Crippen molar-refractivity contribution in [3.05, 3.63) is 36.1 Å². The van der Waals surface area contributed by atoms with E-state index in [2.05, 4.69) is 5.32 Å². The second-order valence-electron chi connectivity index (χ2n) is 5.95. The molecule has 1 saturated heterocycles. The number of anilines is 1. The maximum Gasteiger partial charge on any atom is 0.291 e. The SMILES string of the molecule is O=C(Nc1ccc2c(c1)OCCO2)c1ccc(S(=O)(=O)N2CCOCC2)o1. The quantitative estimate of drug-likeness (QED) is 0.833. The number of hydrogen-bond donors (Lipinski definition) is 1. The van der Waals surface area contributed by atoms with Gasteiger partial charge in [0.25, 0.3) is 15.9 Å². The first kappa shape index (κ1) is 17.8. The van der Waals surface area contributed by atoms with Crippen LogP contribution in [0.5, 0.6) is 11.5 Å². The van der Waals surface area contributed by atoms with E-state index in [-0.39, 0.29) is 23.9 Å². The lowest BCUT2D eigenvalue weighted by Crippen LogP contribution is -2.40. The Morgan fingerprint density at radius 2 is 1.70 bits per heavy atom. The number of morpholine rings is 1. The number of ether oxygens (including phenoxy) is 3. The van der Waals surface area contributed by atoms with E-state index in [9.17, 15) is 13.2 Å². The molecule has 2 aliphatic heterocycles. The van der Waals surface area contributed by atoms with Crippen molar-refractivity contribution in [1.82, 2.24) is 4.31 Å². The van der Waals surface area contributed by atoms with Crippen molar-refractivity contribution in [3.63, 3.8) is 0 Å². The minimum Gasteiger partial charge on any atom is -0.486 e. The van der Waals surface area contributed by atoms with Gasteiger partial charge in [-0.05, 0) is 24.3 Å². The fraction of sp³-hybridized carbons (Fsp3) is 0.353. The van der Waals surface area contributed by atoms with Crippen molar-refractivity contribution in [2.75, 3.05) is 44.8 Å². The molecule has 27 heavy (non-hydrogen) atoms. The van der Waals surface area contributed by atoms with Gasteiger partial charge in [0.15, 0.2) is 17.3 Å². The van der Waals surface area contributed by atoms with Crippen molar-refractivity contribution < 1.29 is 31.8 Å². The van der Waals surface area contributed by atoms with Gasteiger partial charge < -0.3 is 23.9 Å². The molecule has 10 heteroatoms. The third kappa shape index (κ3) is 3.64. The smallest absolute Gasteiger partial charge is 0.291 e. The Hall–Kier alpha value is -2.56. The highest BCUT2D eigenvalue weighted by molar-refractivity contribution is 7.89. The summed E-state index contributed by atoms with van der Waals surface area (Å²) in [6.45, 7) is 2.08. The first-order chi connectivity index (χ1) is 13.0. The average Bonchev–Trinajstić information content (AvgIpc) is 3.20. The zero-order chi connectivity index (χ0) is 18.9. The molecule has 1 aromatic carbocycles. The predicted octanol–water partition coefficient (Wildman–Crippen LogP) is 1.32. The molecular weight excluding hydrogens is 376 g/mol. The minimum absolute atomic E-state index is 0.100. The molecule has 144 valence electrons. The Labute approximate surface area is 155 Å². The monoisotopic (exact) mass is 394 g/mol. The van der Waals surface area contributed by atoms with Crippen LogP contribution in [0.25, 0.3) is 0 Å². The summed E-state index contributed by atoms with van der Waals surface area (Å²) in [5.74, 6) is 0.483. The van der Waals surface area contributed by atoms with Gasteiger partial charge in [-0.1, -0.05) is 0 Å². The molecule has 4 rings (SSSR count). The lowest BCUT2D eigenvalue weighted by atomic mass is 10.2. The third-order valence-corrected chi connectivity index (χ3v) is 5.94. The second kappa shape index (κ2) is 7.22. The molecule has 0 aliphatic carbocycles. The fourth-order valence-electron chi connectivity index (χ4n) is 2.81. The molecule has 0 bridgehead atoms. The summed E-state index contributed by atoms with van der Waals surface area (Å²) in [5, 5.41) is 2.39. The van der Waals surface area contributed by atoms with Crippen LogP contribution in [0.3, 0.4) is 0 Å². The van der Waals surface area contributed by atoms with E-state index < -0.39 is 15.9 Å². The normalized spacial score (nSPS) is 17.5. The molecule has 0 radical (unpaired) electrons. The molecule has 1 aromatic heterocycles. The zero-order valence-corrected chi connectivity index (χ0v) is 15.2. The van der Waals surface area contributed by atoms with Gasteiger partial charge in [-0.25, -0.2) is 8.42 Å². The van der Waals surface area contributed by atoms with Gasteiger partial charge in [-0.15, -0.1) is 0 Å². The van der Waals surface area contributed by atoms with Crippen LogP contribution in [0.1, 0.15) is 10.6 Å². The van der Waals surface area contributed by atoms with Crippen LogP contribution in [0.2, 0.25) is 0 Å². The average molecular weight is 394 g/mol. The number of rotatable bonds is 4. The number of nitrogens with zero attached hydrogens (tertiary/aromatic N) is 1. The summed E-state index contributed by atoms with van der Waals surface area (Å²) in [4.78, 5) is 12.4. The van der Waals surface area contributed by atoms with E-state index in [1.807, 2.05) is 0 Å². The van der Waals surface area contributed by atoms with Gasteiger partial charge in [0.1, 0.15) is 13.2 Å². The van der Waals surface area contributed by atoms with Gasteiger partial charge in [0.05, 0.1) is 13.2 Å². The third-order valence-electron chi connectivity index (χ3n) is 4.17. The summed E-state index contributed by atoms with van der Waals surface area (Å²) in [6.07, 6.45) is 0. The molecule has 0 spiro atoms. The summed E-state index contributed by atoms with van der Waals surface area (Å²) in [5.41, 5.74) is 0.484. The predicted molar refractivity (Wildman–Crippen MR) is 93.7 cm³/mol. The first-order valence-electron chi connectivity index (χ1n) is 8.43. The van der Waals surface area contributed by atoms with Crippen molar-refractivity contribution in [1.29, 1.82) is 0 Å². The van der Waals surface area contributed by atoms with Crippen LogP contribution in [0.15, 0.2) is 39.8 Å². The van der Waals surface area contributed by atoms with Crippen LogP contribution in [0.4, 0.5) is 5.69 Å². The van der Waals surface area contributed by atoms with Crippen LogP contribution < -0.4 is 14.8 Å². The Morgan fingerprint density at radius 3 is 2.48 bits per heavy atom. The largest absolute Gasteiger partial charge is 0.486 e. The molecule has 2 aromatic rings. The van der Waals surface area contributed by atoms with E-state index in [1.54, 1.807) is 18.2 Å².